The fraction of sp³-hybridized carbons (Fsp3) is 0.500. The fourth-order valence-corrected chi connectivity index (χ4v) is 8.84. The Morgan fingerprint density at radius 2 is 1.48 bits per heavy atom. The van der Waals surface area contributed by atoms with Gasteiger partial charge in [-0.3, -0.25) is 34.1 Å². The van der Waals surface area contributed by atoms with Crippen molar-refractivity contribution in [3.05, 3.63) is 93.8 Å². The molecule has 0 bridgehead atoms. The van der Waals surface area contributed by atoms with Crippen molar-refractivity contribution in [1.29, 1.82) is 0 Å². The van der Waals surface area contributed by atoms with Crippen LogP contribution in [0.4, 0.5) is 5.82 Å². The number of halogens is 1. The average molecular weight is 912 g/mol. The standard InChI is InChI=1S/C48H59ClN8O8/c1-56-40(27-31-5-6-31)37(29-52-56)45-38(49)15-17-42(54-45)53-35-13-11-34(12-14-35)51-20-22-63-24-26-64-25-23-62-21-19-50-28-32-7-9-33(10-8-32)30-65-41-4-2-3-36-44(41)48(61)57(47(36)60)39-16-18-43(58)55-46(39)59/h2-4,7-10,15,17,29,31,34-35,39,50-51H,5-6,11-14,16,18-28,30H2,1H3,(H,53,54)(H,55,58,59)/t34?,35?,39-/m0/s1. The number of carbonyl (C=O) groups is 4. The molecular formula is C48H59ClN8O8. The van der Waals surface area contributed by atoms with E-state index in [1.165, 1.54) is 18.5 Å². The third-order valence-corrected chi connectivity index (χ3v) is 12.7. The number of aryl methyl sites for hydroxylation is 1. The second-order valence-electron chi connectivity index (χ2n) is 17.2. The molecule has 65 heavy (non-hydrogen) atoms. The second kappa shape index (κ2) is 22.3. The van der Waals surface area contributed by atoms with E-state index in [0.29, 0.717) is 69.8 Å². The van der Waals surface area contributed by atoms with Crippen LogP contribution in [0, 0.1) is 5.92 Å². The highest BCUT2D eigenvalue weighted by Crippen LogP contribution is 2.38. The molecule has 3 fully saturated rings. The number of ether oxygens (including phenoxy) is 4. The molecule has 2 aliphatic carbocycles. The lowest BCUT2D eigenvalue weighted by Gasteiger charge is -2.30. The van der Waals surface area contributed by atoms with E-state index >= 15 is 0 Å². The van der Waals surface area contributed by atoms with E-state index in [4.69, 9.17) is 35.5 Å². The molecule has 346 valence electrons. The number of anilines is 1. The molecule has 2 saturated carbocycles. The first-order chi connectivity index (χ1) is 31.7. The summed E-state index contributed by atoms with van der Waals surface area (Å²) < 4.78 is 25.1. The molecule has 4 N–H and O–H groups in total. The number of amides is 4. The summed E-state index contributed by atoms with van der Waals surface area (Å²) >= 11 is 6.64. The SMILES string of the molecule is Cn1ncc(-c2nc(NC3CCC(NCCOCCOCCOCCNCc4ccc(COc5cccc6c5C(=O)N([C@H]5CCC(=O)NC5=O)C6=O)cc4)CC3)ccc2Cl)c1CC1CC1. The number of carbonyl (C=O) groups excluding carboxylic acids is 4. The summed E-state index contributed by atoms with van der Waals surface area (Å²) in [6.07, 6.45) is 9.99. The van der Waals surface area contributed by atoms with E-state index in [0.717, 1.165) is 77.7 Å². The van der Waals surface area contributed by atoms with Crippen molar-refractivity contribution in [3.63, 3.8) is 0 Å². The first-order valence-corrected chi connectivity index (χ1v) is 23.3. The van der Waals surface area contributed by atoms with Gasteiger partial charge in [0.05, 0.1) is 67.7 Å². The first kappa shape index (κ1) is 46.3. The summed E-state index contributed by atoms with van der Waals surface area (Å²) in [7, 11) is 2.00. The quantitative estimate of drug-likeness (QED) is 0.0530. The zero-order valence-electron chi connectivity index (χ0n) is 37.0. The Morgan fingerprint density at radius 1 is 0.769 bits per heavy atom. The van der Waals surface area contributed by atoms with Gasteiger partial charge in [-0.15, -0.1) is 0 Å². The minimum absolute atomic E-state index is 0.0592. The van der Waals surface area contributed by atoms with Gasteiger partial charge in [-0.1, -0.05) is 41.9 Å². The molecule has 2 aromatic heterocycles. The minimum Gasteiger partial charge on any atom is -0.488 e. The van der Waals surface area contributed by atoms with Crippen molar-refractivity contribution >= 4 is 41.0 Å². The number of benzene rings is 2. The van der Waals surface area contributed by atoms with Crippen LogP contribution in [-0.2, 0) is 50.4 Å². The van der Waals surface area contributed by atoms with Crippen LogP contribution in [-0.4, -0.2) is 114 Å². The number of aromatic nitrogens is 3. The Balaban J connectivity index is 0.623. The largest absolute Gasteiger partial charge is 0.488 e. The molecule has 1 saturated heterocycles. The zero-order valence-corrected chi connectivity index (χ0v) is 37.7. The molecule has 17 heteroatoms. The zero-order chi connectivity index (χ0) is 45.1. The van der Waals surface area contributed by atoms with Gasteiger partial charge >= 0.3 is 0 Å². The number of hydrogen-bond donors (Lipinski definition) is 4. The van der Waals surface area contributed by atoms with Crippen LogP contribution in [0.5, 0.6) is 5.75 Å². The van der Waals surface area contributed by atoms with Gasteiger partial charge in [0.2, 0.25) is 11.8 Å². The van der Waals surface area contributed by atoms with E-state index in [-0.39, 0.29) is 36.3 Å². The maximum absolute atomic E-state index is 13.3. The number of rotatable bonds is 24. The molecule has 4 aliphatic rings. The lowest BCUT2D eigenvalue weighted by molar-refractivity contribution is -0.136. The van der Waals surface area contributed by atoms with Gasteiger partial charge in [0.1, 0.15) is 24.2 Å². The highest BCUT2D eigenvalue weighted by molar-refractivity contribution is 6.33. The topological polar surface area (TPSA) is 187 Å². The van der Waals surface area contributed by atoms with Crippen LogP contribution in [0.3, 0.4) is 0 Å². The van der Waals surface area contributed by atoms with Crippen LogP contribution in [0.1, 0.15) is 88.9 Å². The molecule has 16 nitrogen and oxygen atoms in total. The lowest BCUT2D eigenvalue weighted by atomic mass is 9.91. The highest BCUT2D eigenvalue weighted by Gasteiger charge is 2.46. The minimum atomic E-state index is -1.03. The normalized spacial score (nSPS) is 19.7. The Hall–Kier alpha value is -5.23. The van der Waals surface area contributed by atoms with Crippen LogP contribution < -0.4 is 26.0 Å². The van der Waals surface area contributed by atoms with Crippen LogP contribution in [0.15, 0.2) is 60.8 Å². The van der Waals surface area contributed by atoms with Crippen LogP contribution in [0.2, 0.25) is 5.02 Å². The van der Waals surface area contributed by atoms with Crippen LogP contribution in [0.25, 0.3) is 11.3 Å². The van der Waals surface area contributed by atoms with Crippen molar-refractivity contribution in [2.75, 3.05) is 58.0 Å². The molecule has 2 aliphatic heterocycles. The maximum Gasteiger partial charge on any atom is 0.266 e. The van der Waals surface area contributed by atoms with Crippen molar-refractivity contribution in [2.45, 2.75) is 89.1 Å². The van der Waals surface area contributed by atoms with E-state index in [1.54, 1.807) is 18.2 Å². The number of nitrogens with zero attached hydrogens (tertiary/aromatic N) is 4. The lowest BCUT2D eigenvalue weighted by Crippen LogP contribution is -2.54. The summed E-state index contributed by atoms with van der Waals surface area (Å²) in [4.78, 5) is 56.3. The van der Waals surface area contributed by atoms with Crippen molar-refractivity contribution < 1.29 is 38.1 Å². The Bertz CT molecular complexity index is 2290. The summed E-state index contributed by atoms with van der Waals surface area (Å²) in [5.74, 6) is -0.350. The number of piperidine rings is 1. The number of pyridine rings is 1. The van der Waals surface area contributed by atoms with Gasteiger partial charge in [-0.25, -0.2) is 4.98 Å². The third kappa shape index (κ3) is 12.2. The number of hydrogen-bond acceptors (Lipinski definition) is 13. The predicted molar refractivity (Wildman–Crippen MR) is 244 cm³/mol. The Morgan fingerprint density at radius 3 is 2.22 bits per heavy atom. The fourth-order valence-electron chi connectivity index (χ4n) is 8.63. The average Bonchev–Trinajstić information content (AvgIpc) is 4.01. The molecule has 0 unspecified atom stereocenters. The van der Waals surface area contributed by atoms with E-state index in [1.807, 2.05) is 54.3 Å². The molecule has 8 rings (SSSR count). The summed E-state index contributed by atoms with van der Waals surface area (Å²) in [6, 6.07) is 16.5. The molecule has 4 aromatic rings. The molecule has 4 heterocycles. The summed E-state index contributed by atoms with van der Waals surface area (Å²) in [5.41, 5.74) is 5.35. The van der Waals surface area contributed by atoms with Gasteiger partial charge in [0.25, 0.3) is 11.8 Å². The molecule has 1 atom stereocenters. The van der Waals surface area contributed by atoms with Crippen molar-refractivity contribution in [3.8, 4) is 17.0 Å². The van der Waals surface area contributed by atoms with Gasteiger partial charge in [0.15, 0.2) is 0 Å². The van der Waals surface area contributed by atoms with Gasteiger partial charge in [-0.05, 0) is 92.7 Å². The van der Waals surface area contributed by atoms with E-state index in [9.17, 15) is 19.2 Å². The van der Waals surface area contributed by atoms with Crippen LogP contribution >= 0.6 is 11.6 Å². The molecule has 0 radical (unpaired) electrons. The van der Waals surface area contributed by atoms with E-state index < -0.39 is 29.7 Å². The third-order valence-electron chi connectivity index (χ3n) is 12.4. The number of nitrogens with one attached hydrogen (secondary N) is 4. The summed E-state index contributed by atoms with van der Waals surface area (Å²) in [5, 5.41) is 18.1. The van der Waals surface area contributed by atoms with Crippen molar-refractivity contribution in [2.24, 2.45) is 13.0 Å². The predicted octanol–water partition coefficient (Wildman–Crippen LogP) is 5.22. The number of fused-ring (bicyclic) bond motifs is 1. The Kier molecular flexibility index (Phi) is 15.9. The summed E-state index contributed by atoms with van der Waals surface area (Å²) in [6.45, 7) is 5.65. The molecule has 4 amide bonds. The van der Waals surface area contributed by atoms with Gasteiger partial charge in [0, 0.05) is 56.4 Å². The van der Waals surface area contributed by atoms with Crippen molar-refractivity contribution in [1.82, 2.24) is 35.6 Å². The number of imide groups is 2. The maximum atomic E-state index is 13.3. The molecule has 2 aromatic carbocycles. The monoisotopic (exact) mass is 910 g/mol. The molecule has 0 spiro atoms. The van der Waals surface area contributed by atoms with E-state index in [2.05, 4.69) is 26.4 Å². The second-order valence-corrected chi connectivity index (χ2v) is 17.6. The smallest absolute Gasteiger partial charge is 0.266 e. The Labute approximate surface area is 384 Å². The van der Waals surface area contributed by atoms with Gasteiger partial charge in [-0.2, -0.15) is 5.10 Å². The highest BCUT2D eigenvalue weighted by atomic mass is 35.5. The molecular weight excluding hydrogens is 852 g/mol. The van der Waals surface area contributed by atoms with Gasteiger partial charge < -0.3 is 34.9 Å². The first-order valence-electron chi connectivity index (χ1n) is 22.9.